The van der Waals surface area contributed by atoms with E-state index in [1.165, 1.54) is 25.7 Å². The Kier molecular flexibility index (Phi) is 5.39. The summed E-state index contributed by atoms with van der Waals surface area (Å²) >= 11 is 3.34. The first-order valence-corrected chi connectivity index (χ1v) is 7.54. The number of anilines is 1. The third-order valence-corrected chi connectivity index (χ3v) is 4.34. The van der Waals surface area contributed by atoms with Crippen LogP contribution in [0.15, 0.2) is 10.7 Å². The second-order valence-corrected chi connectivity index (χ2v) is 5.83. The molecule has 2 atom stereocenters. The van der Waals surface area contributed by atoms with Gasteiger partial charge in [-0.3, -0.25) is 0 Å². The van der Waals surface area contributed by atoms with E-state index in [0.29, 0.717) is 23.7 Å². The van der Waals surface area contributed by atoms with Gasteiger partial charge in [-0.15, -0.1) is 0 Å². The molecule has 5 nitrogen and oxygen atoms in total. The summed E-state index contributed by atoms with van der Waals surface area (Å²) in [5, 5.41) is 3.30. The van der Waals surface area contributed by atoms with Crippen molar-refractivity contribution in [3.05, 3.63) is 10.7 Å². The quantitative estimate of drug-likeness (QED) is 0.868. The Hall–Kier alpha value is -0.880. The van der Waals surface area contributed by atoms with Gasteiger partial charge in [0, 0.05) is 6.54 Å². The van der Waals surface area contributed by atoms with Gasteiger partial charge in [0.1, 0.15) is 0 Å². The van der Waals surface area contributed by atoms with Crippen LogP contribution >= 0.6 is 15.9 Å². The van der Waals surface area contributed by atoms with Gasteiger partial charge in [0.2, 0.25) is 11.8 Å². The Bertz CT molecular complexity index is 416. The number of nitrogens with zero attached hydrogens (tertiary/aromatic N) is 2. The number of aromatic nitrogens is 2. The average molecular weight is 329 g/mol. The highest BCUT2D eigenvalue weighted by atomic mass is 79.9. The molecule has 19 heavy (non-hydrogen) atoms. The molecule has 3 N–H and O–H groups in total. The minimum absolute atomic E-state index is 0.552. The lowest BCUT2D eigenvalue weighted by Crippen LogP contribution is -2.31. The highest BCUT2D eigenvalue weighted by Crippen LogP contribution is 2.29. The number of hydrogen-bond acceptors (Lipinski definition) is 5. The standard InChI is InChI=1S/C13H21BrN4O/c1-19-12-11(14)8-17-13(18-12)16-7-10-5-3-2-4-9(10)6-15/h8-10H,2-7,15H2,1H3,(H,16,17,18). The Morgan fingerprint density at radius 3 is 2.84 bits per heavy atom. The summed E-state index contributed by atoms with van der Waals surface area (Å²) < 4.78 is 5.92. The van der Waals surface area contributed by atoms with E-state index in [0.717, 1.165) is 17.6 Å². The predicted octanol–water partition coefficient (Wildman–Crippen LogP) is 2.42. The molecule has 1 fully saturated rings. The van der Waals surface area contributed by atoms with Crippen LogP contribution < -0.4 is 15.8 Å². The van der Waals surface area contributed by atoms with Crippen LogP contribution in [0.1, 0.15) is 25.7 Å². The lowest BCUT2D eigenvalue weighted by atomic mass is 9.79. The minimum Gasteiger partial charge on any atom is -0.480 e. The topological polar surface area (TPSA) is 73.1 Å². The van der Waals surface area contributed by atoms with Crippen LogP contribution in [-0.2, 0) is 0 Å². The fraction of sp³-hybridized carbons (Fsp3) is 0.692. The van der Waals surface area contributed by atoms with E-state index < -0.39 is 0 Å². The normalized spacial score (nSPS) is 23.1. The number of nitrogens with two attached hydrogens (primary N) is 1. The Labute approximate surface area is 122 Å². The van der Waals surface area contributed by atoms with Crippen LogP contribution in [-0.4, -0.2) is 30.2 Å². The number of hydrogen-bond donors (Lipinski definition) is 2. The summed E-state index contributed by atoms with van der Waals surface area (Å²) in [6, 6.07) is 0. The highest BCUT2D eigenvalue weighted by Gasteiger charge is 2.23. The van der Waals surface area contributed by atoms with E-state index in [2.05, 4.69) is 31.2 Å². The van der Waals surface area contributed by atoms with Crippen molar-refractivity contribution in [2.45, 2.75) is 25.7 Å². The van der Waals surface area contributed by atoms with Crippen molar-refractivity contribution in [2.24, 2.45) is 17.6 Å². The average Bonchev–Trinajstić information content (AvgIpc) is 2.46. The van der Waals surface area contributed by atoms with Crippen LogP contribution in [0.5, 0.6) is 5.88 Å². The van der Waals surface area contributed by atoms with Gasteiger partial charge >= 0.3 is 0 Å². The minimum atomic E-state index is 0.552. The summed E-state index contributed by atoms with van der Waals surface area (Å²) in [4.78, 5) is 8.55. The molecule has 0 radical (unpaired) electrons. The molecule has 0 aromatic carbocycles. The molecule has 1 aromatic rings. The molecule has 0 saturated heterocycles. The molecule has 0 bridgehead atoms. The van der Waals surface area contributed by atoms with Gasteiger partial charge < -0.3 is 15.8 Å². The van der Waals surface area contributed by atoms with E-state index in [9.17, 15) is 0 Å². The second kappa shape index (κ2) is 7.05. The number of halogens is 1. The van der Waals surface area contributed by atoms with Crippen molar-refractivity contribution >= 4 is 21.9 Å². The lowest BCUT2D eigenvalue weighted by molar-refractivity contribution is 0.255. The SMILES string of the molecule is COc1nc(NCC2CCCCC2CN)ncc1Br. The van der Waals surface area contributed by atoms with E-state index in [1.54, 1.807) is 13.3 Å². The van der Waals surface area contributed by atoms with Crippen molar-refractivity contribution in [3.63, 3.8) is 0 Å². The molecule has 0 aliphatic heterocycles. The van der Waals surface area contributed by atoms with Crippen molar-refractivity contribution in [1.29, 1.82) is 0 Å². The largest absolute Gasteiger partial charge is 0.480 e. The van der Waals surface area contributed by atoms with Crippen LogP contribution in [0, 0.1) is 11.8 Å². The molecule has 0 amide bonds. The van der Waals surface area contributed by atoms with E-state index in [-0.39, 0.29) is 0 Å². The summed E-state index contributed by atoms with van der Waals surface area (Å²) in [6.07, 6.45) is 6.79. The van der Waals surface area contributed by atoms with Gasteiger partial charge in [0.25, 0.3) is 0 Å². The second-order valence-electron chi connectivity index (χ2n) is 4.97. The molecule has 1 aliphatic carbocycles. The fourth-order valence-corrected chi connectivity index (χ4v) is 3.02. The van der Waals surface area contributed by atoms with Crippen molar-refractivity contribution in [3.8, 4) is 5.88 Å². The monoisotopic (exact) mass is 328 g/mol. The molecule has 2 unspecified atom stereocenters. The number of ether oxygens (including phenoxy) is 1. The molecular formula is C13H21BrN4O. The summed E-state index contributed by atoms with van der Waals surface area (Å²) in [5.41, 5.74) is 5.84. The smallest absolute Gasteiger partial charge is 0.232 e. The van der Waals surface area contributed by atoms with Gasteiger partial charge in [0.05, 0.1) is 17.8 Å². The maximum atomic E-state index is 5.84. The van der Waals surface area contributed by atoms with Crippen LogP contribution in [0.25, 0.3) is 0 Å². The van der Waals surface area contributed by atoms with Crippen molar-refractivity contribution in [2.75, 3.05) is 25.5 Å². The van der Waals surface area contributed by atoms with E-state index in [1.807, 2.05) is 0 Å². The zero-order valence-electron chi connectivity index (χ0n) is 11.2. The molecule has 1 aliphatic rings. The molecular weight excluding hydrogens is 308 g/mol. The first-order valence-electron chi connectivity index (χ1n) is 6.75. The first kappa shape index (κ1) is 14.5. The summed E-state index contributed by atoms with van der Waals surface area (Å²) in [6.45, 7) is 1.66. The maximum Gasteiger partial charge on any atom is 0.232 e. The van der Waals surface area contributed by atoms with Crippen LogP contribution in [0.2, 0.25) is 0 Å². The number of methoxy groups -OCH3 is 1. The third kappa shape index (κ3) is 3.79. The summed E-state index contributed by atoms with van der Waals surface area (Å²) in [5.74, 6) is 2.41. The highest BCUT2D eigenvalue weighted by molar-refractivity contribution is 9.10. The molecule has 1 saturated carbocycles. The molecule has 6 heteroatoms. The fourth-order valence-electron chi connectivity index (χ4n) is 2.67. The Morgan fingerprint density at radius 1 is 1.42 bits per heavy atom. The predicted molar refractivity (Wildman–Crippen MR) is 79.3 cm³/mol. The van der Waals surface area contributed by atoms with Gasteiger partial charge in [-0.1, -0.05) is 12.8 Å². The molecule has 1 aromatic heterocycles. The zero-order valence-corrected chi connectivity index (χ0v) is 12.8. The van der Waals surface area contributed by atoms with Crippen LogP contribution in [0.4, 0.5) is 5.95 Å². The van der Waals surface area contributed by atoms with Gasteiger partial charge in [0.15, 0.2) is 0 Å². The Balaban J connectivity index is 1.94. The Morgan fingerprint density at radius 2 is 2.16 bits per heavy atom. The van der Waals surface area contributed by atoms with Gasteiger partial charge in [-0.2, -0.15) is 4.98 Å². The van der Waals surface area contributed by atoms with Gasteiger partial charge in [-0.25, -0.2) is 4.98 Å². The number of nitrogens with one attached hydrogen (secondary N) is 1. The van der Waals surface area contributed by atoms with Crippen LogP contribution in [0.3, 0.4) is 0 Å². The van der Waals surface area contributed by atoms with E-state index in [4.69, 9.17) is 10.5 Å². The molecule has 1 heterocycles. The first-order chi connectivity index (χ1) is 9.24. The molecule has 0 spiro atoms. The maximum absolute atomic E-state index is 5.84. The van der Waals surface area contributed by atoms with Crippen molar-refractivity contribution < 1.29 is 4.74 Å². The van der Waals surface area contributed by atoms with E-state index >= 15 is 0 Å². The number of rotatable bonds is 5. The molecule has 106 valence electrons. The zero-order chi connectivity index (χ0) is 13.7. The summed E-state index contributed by atoms with van der Waals surface area (Å²) in [7, 11) is 1.60. The third-order valence-electron chi connectivity index (χ3n) is 3.80. The van der Waals surface area contributed by atoms with Gasteiger partial charge in [-0.05, 0) is 47.2 Å². The van der Waals surface area contributed by atoms with Crippen molar-refractivity contribution in [1.82, 2.24) is 9.97 Å². The molecule has 2 rings (SSSR count). The lowest BCUT2D eigenvalue weighted by Gasteiger charge is -2.30.